The second-order valence-electron chi connectivity index (χ2n) is 5.76. The summed E-state index contributed by atoms with van der Waals surface area (Å²) in [5, 5.41) is 13.0. The largest absolute Gasteiger partial charge is 0.447 e. The second kappa shape index (κ2) is 7.57. The Kier molecular flexibility index (Phi) is 5.16. The number of thiophene rings is 1. The minimum atomic E-state index is -0.615. The summed E-state index contributed by atoms with van der Waals surface area (Å²) in [6, 6.07) is 7.67. The van der Waals surface area contributed by atoms with Crippen LogP contribution in [0.4, 0.5) is 5.69 Å². The molecule has 0 N–H and O–H groups in total. The Labute approximate surface area is 173 Å². The highest BCUT2D eigenvalue weighted by atomic mass is 79.9. The van der Waals surface area contributed by atoms with E-state index >= 15 is 0 Å². The predicted molar refractivity (Wildman–Crippen MR) is 110 cm³/mol. The molecular weight excluding hydrogens is 448 g/mol. The summed E-state index contributed by atoms with van der Waals surface area (Å²) >= 11 is 6.46. The molecule has 2 aromatic heterocycles. The summed E-state index contributed by atoms with van der Waals surface area (Å²) in [6.45, 7) is 1.84. The van der Waals surface area contributed by atoms with Crippen molar-refractivity contribution >= 4 is 50.6 Å². The molecule has 9 heteroatoms. The van der Waals surface area contributed by atoms with Crippen LogP contribution >= 0.6 is 39.0 Å². The lowest BCUT2D eigenvalue weighted by molar-refractivity contribution is -0.120. The molecule has 3 aromatic rings. The highest BCUT2D eigenvalue weighted by Gasteiger charge is 2.35. The Hall–Kier alpha value is -1.97. The number of benzene rings is 1. The fraction of sp³-hybridized carbons (Fsp3) is 0.222. The Balaban J connectivity index is 2.00. The van der Waals surface area contributed by atoms with Crippen molar-refractivity contribution in [2.45, 2.75) is 24.7 Å². The first kappa shape index (κ1) is 18.4. The molecule has 0 spiro atoms. The number of thioether (sulfide) groups is 1. The van der Waals surface area contributed by atoms with Crippen LogP contribution in [-0.2, 0) is 4.79 Å². The zero-order valence-corrected chi connectivity index (χ0v) is 17.8. The molecule has 0 unspecified atom stereocenters. The van der Waals surface area contributed by atoms with Gasteiger partial charge in [-0.25, -0.2) is 0 Å². The highest BCUT2D eigenvalue weighted by Crippen LogP contribution is 2.44. The maximum Gasteiger partial charge on any atom is 0.247 e. The van der Waals surface area contributed by atoms with Crippen molar-refractivity contribution < 1.29 is 9.53 Å². The van der Waals surface area contributed by atoms with Gasteiger partial charge in [0.05, 0.1) is 5.69 Å². The summed E-state index contributed by atoms with van der Waals surface area (Å²) in [7, 11) is 0. The highest BCUT2D eigenvalue weighted by molar-refractivity contribution is 9.10. The van der Waals surface area contributed by atoms with E-state index in [-0.39, 0.29) is 5.91 Å². The Morgan fingerprint density at radius 2 is 2.22 bits per heavy atom. The maximum absolute atomic E-state index is 12.9. The summed E-state index contributed by atoms with van der Waals surface area (Å²) < 4.78 is 7.15. The average molecular weight is 463 g/mol. The first-order chi connectivity index (χ1) is 13.1. The number of aromatic nitrogens is 3. The van der Waals surface area contributed by atoms with Crippen LogP contribution in [-0.4, -0.2) is 27.3 Å². The zero-order valence-electron chi connectivity index (χ0n) is 14.5. The number of rotatable bonds is 3. The monoisotopic (exact) mass is 462 g/mol. The van der Waals surface area contributed by atoms with E-state index in [1.807, 2.05) is 48.2 Å². The van der Waals surface area contributed by atoms with Gasteiger partial charge in [-0.05, 0) is 41.3 Å². The van der Waals surface area contributed by atoms with E-state index < -0.39 is 6.23 Å². The number of carbonyl (C=O) groups excluding carboxylic acids is 1. The molecule has 1 amide bonds. The van der Waals surface area contributed by atoms with Crippen molar-refractivity contribution in [3.05, 3.63) is 45.1 Å². The molecule has 0 radical (unpaired) electrons. The standard InChI is InChI=1S/C18H15BrN4O2S2/c1-3-14(24)23-13-5-4-11(19)8-12(13)15-16(20-18(26-2)22-21-15)25-17(23)10-6-7-27-9-10/h4-9,17H,3H2,1-2H3/t17-/m1/s1. The first-order valence-corrected chi connectivity index (χ1v) is 11.2. The van der Waals surface area contributed by atoms with E-state index in [2.05, 4.69) is 31.1 Å². The van der Waals surface area contributed by atoms with Crippen molar-refractivity contribution in [3.8, 4) is 17.1 Å². The van der Waals surface area contributed by atoms with E-state index in [0.717, 1.165) is 21.3 Å². The number of halogens is 1. The van der Waals surface area contributed by atoms with E-state index in [0.29, 0.717) is 23.2 Å². The number of hydrogen-bond donors (Lipinski definition) is 0. The fourth-order valence-corrected chi connectivity index (χ4v) is 4.22. The molecule has 0 saturated carbocycles. The van der Waals surface area contributed by atoms with E-state index in [1.54, 1.807) is 16.2 Å². The van der Waals surface area contributed by atoms with E-state index in [1.165, 1.54) is 11.8 Å². The molecule has 1 aliphatic heterocycles. The van der Waals surface area contributed by atoms with Crippen LogP contribution in [0.25, 0.3) is 11.3 Å². The smallest absolute Gasteiger partial charge is 0.247 e. The second-order valence-corrected chi connectivity index (χ2v) is 8.23. The third-order valence-corrected chi connectivity index (χ3v) is 5.88. The van der Waals surface area contributed by atoms with Gasteiger partial charge in [0.1, 0.15) is 0 Å². The molecule has 0 aliphatic carbocycles. The molecule has 0 fully saturated rings. The molecule has 4 rings (SSSR count). The molecule has 27 heavy (non-hydrogen) atoms. The Bertz CT molecular complexity index is 997. The number of fused-ring (bicyclic) bond motifs is 3. The lowest BCUT2D eigenvalue weighted by Gasteiger charge is -2.30. The lowest BCUT2D eigenvalue weighted by atomic mass is 10.1. The van der Waals surface area contributed by atoms with Gasteiger partial charge in [0.25, 0.3) is 0 Å². The van der Waals surface area contributed by atoms with Crippen LogP contribution in [0, 0.1) is 0 Å². The minimum Gasteiger partial charge on any atom is -0.447 e. The number of amides is 1. The SMILES string of the molecule is CCC(=O)N1c2ccc(Br)cc2-c2nnc(SC)nc2O[C@@H]1c1ccsc1. The minimum absolute atomic E-state index is 0.0411. The number of ether oxygens (including phenoxy) is 1. The van der Waals surface area contributed by atoms with Crippen LogP contribution in [0.1, 0.15) is 25.1 Å². The summed E-state index contributed by atoms with van der Waals surface area (Å²) in [5.74, 6) is 0.330. The molecule has 0 bridgehead atoms. The van der Waals surface area contributed by atoms with Gasteiger partial charge in [0.2, 0.25) is 23.2 Å². The van der Waals surface area contributed by atoms with Gasteiger partial charge in [0.15, 0.2) is 5.69 Å². The van der Waals surface area contributed by atoms with Crippen LogP contribution in [0.3, 0.4) is 0 Å². The molecule has 1 atom stereocenters. The van der Waals surface area contributed by atoms with Crippen molar-refractivity contribution in [1.82, 2.24) is 15.2 Å². The van der Waals surface area contributed by atoms with Crippen molar-refractivity contribution in [2.24, 2.45) is 0 Å². The van der Waals surface area contributed by atoms with Gasteiger partial charge in [-0.3, -0.25) is 9.69 Å². The molecular formula is C18H15BrN4O2S2. The van der Waals surface area contributed by atoms with Gasteiger partial charge in [-0.15, -0.1) is 10.2 Å². The number of hydrogen-bond acceptors (Lipinski definition) is 7. The Morgan fingerprint density at radius 3 is 2.93 bits per heavy atom. The van der Waals surface area contributed by atoms with Crippen LogP contribution in [0.15, 0.2) is 44.7 Å². The third-order valence-electron chi connectivity index (χ3n) is 4.15. The summed E-state index contributed by atoms with van der Waals surface area (Å²) in [6.07, 6.45) is 1.62. The molecule has 138 valence electrons. The van der Waals surface area contributed by atoms with Crippen LogP contribution < -0.4 is 9.64 Å². The number of nitrogens with zero attached hydrogens (tertiary/aromatic N) is 4. The third kappa shape index (κ3) is 3.35. The molecule has 0 saturated heterocycles. The van der Waals surface area contributed by atoms with Gasteiger partial charge >= 0.3 is 0 Å². The van der Waals surface area contributed by atoms with E-state index in [4.69, 9.17) is 4.74 Å². The Morgan fingerprint density at radius 1 is 1.37 bits per heavy atom. The predicted octanol–water partition coefficient (Wildman–Crippen LogP) is 4.92. The first-order valence-electron chi connectivity index (χ1n) is 8.21. The quantitative estimate of drug-likeness (QED) is 0.514. The molecule has 3 heterocycles. The van der Waals surface area contributed by atoms with Gasteiger partial charge in [-0.2, -0.15) is 16.3 Å². The van der Waals surface area contributed by atoms with Crippen molar-refractivity contribution in [2.75, 3.05) is 11.2 Å². The van der Waals surface area contributed by atoms with Crippen molar-refractivity contribution in [1.29, 1.82) is 0 Å². The van der Waals surface area contributed by atoms with Crippen LogP contribution in [0.5, 0.6) is 5.88 Å². The molecule has 1 aromatic carbocycles. The normalized spacial score (nSPS) is 15.5. The summed E-state index contributed by atoms with van der Waals surface area (Å²) in [4.78, 5) is 19.1. The van der Waals surface area contributed by atoms with Gasteiger partial charge < -0.3 is 4.74 Å². The molecule has 1 aliphatic rings. The lowest BCUT2D eigenvalue weighted by Crippen LogP contribution is -2.37. The van der Waals surface area contributed by atoms with Gasteiger partial charge in [-0.1, -0.05) is 34.6 Å². The van der Waals surface area contributed by atoms with E-state index in [9.17, 15) is 4.79 Å². The number of anilines is 1. The maximum atomic E-state index is 12.9. The average Bonchev–Trinajstić information content (AvgIpc) is 3.18. The molecule has 6 nitrogen and oxygen atoms in total. The van der Waals surface area contributed by atoms with Gasteiger partial charge in [0, 0.05) is 22.0 Å². The number of carbonyl (C=O) groups is 1. The topological polar surface area (TPSA) is 68.2 Å². The fourth-order valence-electron chi connectivity index (χ4n) is 2.90. The zero-order chi connectivity index (χ0) is 19.0. The summed E-state index contributed by atoms with van der Waals surface area (Å²) in [5.41, 5.74) is 2.91. The van der Waals surface area contributed by atoms with Crippen LogP contribution in [0.2, 0.25) is 0 Å². The van der Waals surface area contributed by atoms with Crippen molar-refractivity contribution in [3.63, 3.8) is 0 Å².